The lowest BCUT2D eigenvalue weighted by molar-refractivity contribution is -0.137. The minimum atomic E-state index is -4.34. The molecule has 0 aliphatic rings. The molecule has 1 aromatic rings. The van der Waals surface area contributed by atoms with Gasteiger partial charge in [0.2, 0.25) is 0 Å². The number of nitrogens with one attached hydrogen (secondary N) is 1. The second-order valence-corrected chi connectivity index (χ2v) is 5.31. The molecule has 0 amide bonds. The normalized spacial score (nSPS) is 13.5. The number of allylic oxidation sites excluding steroid dienone is 5. The largest absolute Gasteiger partial charge is 0.416 e. The van der Waals surface area contributed by atoms with E-state index in [1.807, 2.05) is 38.2 Å². The van der Waals surface area contributed by atoms with Crippen molar-refractivity contribution in [1.29, 1.82) is 0 Å². The summed E-state index contributed by atoms with van der Waals surface area (Å²) in [6.45, 7) is 5.50. The van der Waals surface area contributed by atoms with Gasteiger partial charge in [-0.1, -0.05) is 48.7 Å². The molecule has 1 N–H and O–H groups in total. The van der Waals surface area contributed by atoms with E-state index in [4.69, 9.17) is 12.2 Å². The maximum Gasteiger partial charge on any atom is 0.416 e. The molecule has 0 saturated carbocycles. The Morgan fingerprint density at radius 2 is 1.68 bits per heavy atom. The molecule has 1 aromatic carbocycles. The Morgan fingerprint density at radius 1 is 1.09 bits per heavy atom. The maximum absolute atomic E-state index is 12.6. The molecule has 0 aromatic heterocycles. The van der Waals surface area contributed by atoms with E-state index in [2.05, 4.69) is 5.32 Å². The summed E-state index contributed by atoms with van der Waals surface area (Å²) < 4.78 is 37.9. The molecule has 0 bridgehead atoms. The van der Waals surface area contributed by atoms with E-state index in [1.54, 1.807) is 6.92 Å². The van der Waals surface area contributed by atoms with Gasteiger partial charge in [-0.2, -0.15) is 13.2 Å². The zero-order valence-corrected chi connectivity index (χ0v) is 13.5. The highest BCUT2D eigenvalue weighted by Gasteiger charge is 2.30. The summed E-state index contributed by atoms with van der Waals surface area (Å²) in [5.41, 5.74) is 1.56. The summed E-state index contributed by atoms with van der Waals surface area (Å²) in [5.74, 6) is 0. The number of rotatable bonds is 4. The summed E-state index contributed by atoms with van der Waals surface area (Å²) in [7, 11) is 0. The zero-order chi connectivity index (χ0) is 16.8. The smallest absolute Gasteiger partial charge is 0.350 e. The molecule has 0 spiro atoms. The highest BCUT2D eigenvalue weighted by Crippen LogP contribution is 2.30. The van der Waals surface area contributed by atoms with E-state index < -0.39 is 11.7 Å². The fourth-order valence-corrected chi connectivity index (χ4v) is 1.90. The van der Waals surface area contributed by atoms with Crippen molar-refractivity contribution in [2.24, 2.45) is 0 Å². The van der Waals surface area contributed by atoms with Crippen LogP contribution in [0, 0.1) is 0 Å². The Balaban J connectivity index is 3.22. The summed E-state index contributed by atoms with van der Waals surface area (Å²) in [5, 5.41) is 3.04. The summed E-state index contributed by atoms with van der Waals surface area (Å²) in [6, 6.07) is 5.02. The molecule has 22 heavy (non-hydrogen) atoms. The molecule has 0 unspecified atom stereocenters. The maximum atomic E-state index is 12.6. The van der Waals surface area contributed by atoms with E-state index in [0.29, 0.717) is 16.2 Å². The highest BCUT2D eigenvalue weighted by atomic mass is 32.1. The van der Waals surface area contributed by atoms with Gasteiger partial charge in [-0.15, -0.1) is 0 Å². The number of benzene rings is 1. The van der Waals surface area contributed by atoms with Crippen molar-refractivity contribution in [3.05, 3.63) is 65.3 Å². The average molecular weight is 325 g/mol. The molecule has 0 aliphatic carbocycles. The molecule has 0 heterocycles. The minimum absolute atomic E-state index is 0.550. The summed E-state index contributed by atoms with van der Waals surface area (Å²) in [6.07, 6.45) is 3.16. The number of alkyl halides is 3. The van der Waals surface area contributed by atoms with Crippen LogP contribution in [-0.4, -0.2) is 4.99 Å². The Hall–Kier alpha value is -1.88. The molecular formula is C17H18F3NS. The average Bonchev–Trinajstić information content (AvgIpc) is 2.44. The van der Waals surface area contributed by atoms with Crippen LogP contribution in [0.4, 0.5) is 13.2 Å². The van der Waals surface area contributed by atoms with E-state index in [9.17, 15) is 13.2 Å². The van der Waals surface area contributed by atoms with E-state index in [0.717, 1.165) is 17.7 Å². The topological polar surface area (TPSA) is 12.0 Å². The zero-order valence-electron chi connectivity index (χ0n) is 12.7. The van der Waals surface area contributed by atoms with Gasteiger partial charge < -0.3 is 5.32 Å². The minimum Gasteiger partial charge on any atom is -0.350 e. The lowest BCUT2D eigenvalue weighted by Gasteiger charge is -2.14. The van der Waals surface area contributed by atoms with Crippen molar-refractivity contribution in [3.63, 3.8) is 0 Å². The van der Waals surface area contributed by atoms with Crippen LogP contribution in [-0.2, 0) is 6.18 Å². The summed E-state index contributed by atoms with van der Waals surface area (Å²) >= 11 is 5.05. The first-order chi connectivity index (χ1) is 10.3. The SMILES string of the molecule is C\C=C/C=C\C(C)=C(\NC(C)=S)c1ccc(C(F)(F)F)cc1. The fourth-order valence-electron chi connectivity index (χ4n) is 1.79. The van der Waals surface area contributed by atoms with Gasteiger partial charge in [0, 0.05) is 5.70 Å². The third-order valence-corrected chi connectivity index (χ3v) is 2.95. The van der Waals surface area contributed by atoms with Gasteiger partial charge in [-0.25, -0.2) is 0 Å². The van der Waals surface area contributed by atoms with E-state index >= 15 is 0 Å². The van der Waals surface area contributed by atoms with Crippen molar-refractivity contribution < 1.29 is 13.2 Å². The van der Waals surface area contributed by atoms with E-state index in [-0.39, 0.29) is 0 Å². The number of hydrogen-bond donors (Lipinski definition) is 1. The molecule has 0 fully saturated rings. The standard InChI is InChI=1S/C17H18F3NS/c1-4-5-6-7-12(2)16(21-13(3)22)14-8-10-15(11-9-14)17(18,19)20/h4-11H,1-3H3,(H,21,22)/b5-4-,7-6-,16-12+. The van der Waals surface area contributed by atoms with Gasteiger partial charge in [0.25, 0.3) is 0 Å². The van der Waals surface area contributed by atoms with Crippen LogP contribution in [0.2, 0.25) is 0 Å². The predicted octanol–water partition coefficient (Wildman–Crippen LogP) is 5.51. The van der Waals surface area contributed by atoms with Crippen LogP contribution in [0.3, 0.4) is 0 Å². The van der Waals surface area contributed by atoms with Gasteiger partial charge in [0.05, 0.1) is 10.6 Å². The molecule has 0 atom stereocenters. The van der Waals surface area contributed by atoms with Crippen LogP contribution in [0.15, 0.2) is 54.1 Å². The second-order valence-electron chi connectivity index (χ2n) is 4.70. The Kier molecular flexibility index (Phi) is 6.56. The molecular weight excluding hydrogens is 307 g/mol. The predicted molar refractivity (Wildman–Crippen MR) is 89.4 cm³/mol. The van der Waals surface area contributed by atoms with Gasteiger partial charge in [-0.3, -0.25) is 0 Å². The Morgan fingerprint density at radius 3 is 2.14 bits per heavy atom. The lowest BCUT2D eigenvalue weighted by atomic mass is 10.0. The van der Waals surface area contributed by atoms with Crippen LogP contribution < -0.4 is 5.32 Å². The lowest BCUT2D eigenvalue weighted by Crippen LogP contribution is -2.17. The number of halogens is 3. The third kappa shape index (κ3) is 5.48. The van der Waals surface area contributed by atoms with Crippen molar-refractivity contribution in [2.45, 2.75) is 26.9 Å². The van der Waals surface area contributed by atoms with Gasteiger partial charge in [-0.05, 0) is 44.0 Å². The molecule has 1 nitrogen and oxygen atoms in total. The van der Waals surface area contributed by atoms with Crippen LogP contribution in [0.25, 0.3) is 5.70 Å². The van der Waals surface area contributed by atoms with Crippen LogP contribution >= 0.6 is 12.2 Å². The summed E-state index contributed by atoms with van der Waals surface area (Å²) in [4.78, 5) is 0.550. The first-order valence-electron chi connectivity index (χ1n) is 6.71. The number of hydrogen-bond acceptors (Lipinski definition) is 1. The Labute approximate surface area is 134 Å². The van der Waals surface area contributed by atoms with Crippen molar-refractivity contribution >= 4 is 22.9 Å². The molecule has 1 rings (SSSR count). The van der Waals surface area contributed by atoms with Gasteiger partial charge >= 0.3 is 6.18 Å². The van der Waals surface area contributed by atoms with Crippen molar-refractivity contribution in [3.8, 4) is 0 Å². The van der Waals surface area contributed by atoms with Crippen LogP contribution in [0.1, 0.15) is 31.9 Å². The van der Waals surface area contributed by atoms with Crippen molar-refractivity contribution in [1.82, 2.24) is 5.32 Å². The van der Waals surface area contributed by atoms with Gasteiger partial charge in [0.15, 0.2) is 0 Å². The van der Waals surface area contributed by atoms with Gasteiger partial charge in [0.1, 0.15) is 0 Å². The fraction of sp³-hybridized carbons (Fsp3) is 0.235. The first-order valence-corrected chi connectivity index (χ1v) is 7.12. The van der Waals surface area contributed by atoms with E-state index in [1.165, 1.54) is 12.1 Å². The van der Waals surface area contributed by atoms with Crippen molar-refractivity contribution in [2.75, 3.05) is 0 Å². The number of thiocarbonyl (C=S) groups is 1. The second kappa shape index (κ2) is 7.94. The molecule has 0 saturated heterocycles. The Bertz CT molecular complexity index is 608. The first kappa shape index (κ1) is 18.2. The molecule has 118 valence electrons. The monoisotopic (exact) mass is 325 g/mol. The van der Waals surface area contributed by atoms with Crippen LogP contribution in [0.5, 0.6) is 0 Å². The molecule has 5 heteroatoms. The highest BCUT2D eigenvalue weighted by molar-refractivity contribution is 7.80. The molecule has 0 radical (unpaired) electrons. The molecule has 0 aliphatic heterocycles. The quantitative estimate of drug-likeness (QED) is 0.579. The third-order valence-electron chi connectivity index (χ3n) is 2.85.